The molecule has 0 spiro atoms. The number of carboxylic acids is 1. The molecule has 0 fully saturated rings. The second-order valence-electron chi connectivity index (χ2n) is 7.45. The summed E-state index contributed by atoms with van der Waals surface area (Å²) in [4.78, 5) is 27.4. The van der Waals surface area contributed by atoms with E-state index < -0.39 is 12.0 Å². The number of carbonyl (C=O) groups excluding carboxylic acids is 1. The third-order valence-corrected chi connectivity index (χ3v) is 4.89. The summed E-state index contributed by atoms with van der Waals surface area (Å²) in [5, 5.41) is 13.3. The number of rotatable bonds is 7. The predicted molar refractivity (Wildman–Crippen MR) is 106 cm³/mol. The molecule has 3 rings (SSSR count). The fraction of sp³-hybridized carbons (Fsp3) is 0.273. The zero-order valence-corrected chi connectivity index (χ0v) is 15.5. The molecule has 3 aromatic rings. The molecule has 0 aliphatic rings. The van der Waals surface area contributed by atoms with E-state index in [2.05, 4.69) is 10.3 Å². The highest BCUT2D eigenvalue weighted by atomic mass is 16.4. The van der Waals surface area contributed by atoms with Crippen LogP contribution in [0.15, 0.2) is 60.8 Å². The lowest BCUT2D eigenvalue weighted by Crippen LogP contribution is -2.44. The van der Waals surface area contributed by atoms with Gasteiger partial charge in [0.15, 0.2) is 0 Å². The van der Waals surface area contributed by atoms with Crippen LogP contribution in [0.4, 0.5) is 0 Å². The van der Waals surface area contributed by atoms with Gasteiger partial charge in [-0.1, -0.05) is 62.4 Å². The zero-order chi connectivity index (χ0) is 19.4. The Morgan fingerprint density at radius 3 is 2.44 bits per heavy atom. The van der Waals surface area contributed by atoms with Crippen LogP contribution in [-0.2, 0) is 21.4 Å². The maximum atomic E-state index is 12.6. The number of hydrogen-bond donors (Lipinski definition) is 3. The minimum atomic E-state index is -1.04. The number of carbonyl (C=O) groups is 2. The fourth-order valence-electron chi connectivity index (χ4n) is 3.36. The molecule has 1 amide bonds. The zero-order valence-electron chi connectivity index (χ0n) is 15.5. The lowest BCUT2D eigenvalue weighted by atomic mass is 9.81. The number of para-hydroxylation sites is 1. The Bertz CT molecular complexity index is 944. The van der Waals surface area contributed by atoms with Crippen molar-refractivity contribution < 1.29 is 14.7 Å². The molecular formula is C22H24N2O3. The second kappa shape index (κ2) is 7.66. The lowest BCUT2D eigenvalue weighted by Gasteiger charge is -2.25. The third kappa shape index (κ3) is 4.37. The largest absolute Gasteiger partial charge is 0.480 e. The summed E-state index contributed by atoms with van der Waals surface area (Å²) < 4.78 is 0. The number of aliphatic carboxylic acids is 1. The topological polar surface area (TPSA) is 82.2 Å². The molecule has 0 bridgehead atoms. The highest BCUT2D eigenvalue weighted by Crippen LogP contribution is 2.27. The minimum Gasteiger partial charge on any atom is -0.480 e. The predicted octanol–water partition coefficient (Wildman–Crippen LogP) is 3.65. The molecule has 0 radical (unpaired) electrons. The molecule has 3 N–H and O–H groups in total. The average Bonchev–Trinajstić information content (AvgIpc) is 3.04. The van der Waals surface area contributed by atoms with Gasteiger partial charge in [0.05, 0.1) is 0 Å². The van der Waals surface area contributed by atoms with Crippen LogP contribution in [0, 0.1) is 0 Å². The molecule has 1 atom stereocenters. The Labute approximate surface area is 158 Å². The molecule has 0 aliphatic carbocycles. The molecule has 2 aromatic carbocycles. The Balaban J connectivity index is 1.71. The van der Waals surface area contributed by atoms with Crippen LogP contribution < -0.4 is 5.32 Å². The van der Waals surface area contributed by atoms with Crippen LogP contribution in [0.25, 0.3) is 10.9 Å². The molecule has 0 aliphatic heterocycles. The number of H-pyrrole nitrogens is 1. The molecule has 140 valence electrons. The van der Waals surface area contributed by atoms with Crippen molar-refractivity contribution in [1.82, 2.24) is 10.3 Å². The standard InChI is InChI=1S/C22H24N2O3/c1-22(2,16-8-4-3-5-9-16)13-20(25)24-19(21(26)27)12-15-14-23-18-11-7-6-10-17(15)18/h3-11,14,19,23H,12-13H2,1-2H3,(H,24,25)(H,26,27). The summed E-state index contributed by atoms with van der Waals surface area (Å²) >= 11 is 0. The first kappa shape index (κ1) is 18.7. The molecule has 5 nitrogen and oxygen atoms in total. The third-order valence-electron chi connectivity index (χ3n) is 4.89. The summed E-state index contributed by atoms with van der Waals surface area (Å²) in [7, 11) is 0. The summed E-state index contributed by atoms with van der Waals surface area (Å²) in [6, 6.07) is 16.5. The number of aromatic nitrogens is 1. The summed E-state index contributed by atoms with van der Waals surface area (Å²) in [5.74, 6) is -1.30. The molecule has 27 heavy (non-hydrogen) atoms. The van der Waals surface area contributed by atoms with Crippen molar-refractivity contribution in [2.75, 3.05) is 0 Å². The summed E-state index contributed by atoms with van der Waals surface area (Å²) in [5.41, 5.74) is 2.49. The normalized spacial score (nSPS) is 12.7. The first-order chi connectivity index (χ1) is 12.9. The van der Waals surface area contributed by atoms with Crippen molar-refractivity contribution in [2.24, 2.45) is 0 Å². The van der Waals surface area contributed by atoms with Gasteiger partial charge in [0, 0.05) is 29.9 Å². The van der Waals surface area contributed by atoms with Crippen molar-refractivity contribution in [1.29, 1.82) is 0 Å². The SMILES string of the molecule is CC(C)(CC(=O)NC(Cc1c[nH]c2ccccc12)C(=O)O)c1ccccc1. The maximum Gasteiger partial charge on any atom is 0.326 e. The quantitative estimate of drug-likeness (QED) is 0.598. The van der Waals surface area contributed by atoms with Crippen LogP contribution in [0.1, 0.15) is 31.4 Å². The Morgan fingerprint density at radius 2 is 1.74 bits per heavy atom. The Kier molecular flexibility index (Phi) is 5.31. The second-order valence-corrected chi connectivity index (χ2v) is 7.45. The van der Waals surface area contributed by atoms with E-state index in [0.717, 1.165) is 22.0 Å². The van der Waals surface area contributed by atoms with E-state index in [4.69, 9.17) is 0 Å². The maximum absolute atomic E-state index is 12.6. The number of amides is 1. The van der Waals surface area contributed by atoms with Crippen molar-refractivity contribution in [2.45, 2.75) is 38.1 Å². The molecule has 1 heterocycles. The number of carboxylic acid groups (broad SMARTS) is 1. The first-order valence-corrected chi connectivity index (χ1v) is 8.99. The van der Waals surface area contributed by atoms with Gasteiger partial charge in [0.25, 0.3) is 0 Å². The van der Waals surface area contributed by atoms with Gasteiger partial charge in [-0.3, -0.25) is 4.79 Å². The van der Waals surface area contributed by atoms with Gasteiger partial charge in [0.2, 0.25) is 5.91 Å². The van der Waals surface area contributed by atoms with Crippen molar-refractivity contribution in [3.8, 4) is 0 Å². The fourth-order valence-corrected chi connectivity index (χ4v) is 3.36. The van der Waals surface area contributed by atoms with Crippen LogP contribution in [-0.4, -0.2) is 28.0 Å². The average molecular weight is 364 g/mol. The van der Waals surface area contributed by atoms with Gasteiger partial charge in [-0.25, -0.2) is 4.79 Å². The van der Waals surface area contributed by atoms with E-state index in [-0.39, 0.29) is 24.2 Å². The van der Waals surface area contributed by atoms with Gasteiger partial charge in [-0.15, -0.1) is 0 Å². The van der Waals surface area contributed by atoms with Crippen LogP contribution in [0.2, 0.25) is 0 Å². The van der Waals surface area contributed by atoms with Gasteiger partial charge >= 0.3 is 5.97 Å². The monoisotopic (exact) mass is 364 g/mol. The van der Waals surface area contributed by atoms with E-state index in [1.807, 2.05) is 68.4 Å². The van der Waals surface area contributed by atoms with Crippen LogP contribution in [0.5, 0.6) is 0 Å². The number of nitrogens with one attached hydrogen (secondary N) is 2. The molecule has 5 heteroatoms. The summed E-state index contributed by atoms with van der Waals surface area (Å²) in [6.07, 6.45) is 2.26. The van der Waals surface area contributed by atoms with Crippen molar-refractivity contribution in [3.63, 3.8) is 0 Å². The van der Waals surface area contributed by atoms with Crippen LogP contribution in [0.3, 0.4) is 0 Å². The van der Waals surface area contributed by atoms with Crippen molar-refractivity contribution in [3.05, 3.63) is 71.9 Å². The Morgan fingerprint density at radius 1 is 1.07 bits per heavy atom. The molecule has 0 saturated heterocycles. The first-order valence-electron chi connectivity index (χ1n) is 8.99. The van der Waals surface area contributed by atoms with Crippen LogP contribution >= 0.6 is 0 Å². The highest BCUT2D eigenvalue weighted by molar-refractivity contribution is 5.87. The van der Waals surface area contributed by atoms with E-state index in [1.54, 1.807) is 6.20 Å². The van der Waals surface area contributed by atoms with Gasteiger partial charge in [-0.2, -0.15) is 0 Å². The van der Waals surface area contributed by atoms with Gasteiger partial charge in [-0.05, 0) is 22.6 Å². The number of fused-ring (bicyclic) bond motifs is 1. The number of aromatic amines is 1. The molecule has 0 saturated carbocycles. The highest BCUT2D eigenvalue weighted by Gasteiger charge is 2.27. The molecular weight excluding hydrogens is 340 g/mol. The summed E-state index contributed by atoms with van der Waals surface area (Å²) in [6.45, 7) is 3.97. The Hall–Kier alpha value is -3.08. The van der Waals surface area contributed by atoms with Gasteiger partial charge < -0.3 is 15.4 Å². The van der Waals surface area contributed by atoms with E-state index in [9.17, 15) is 14.7 Å². The van der Waals surface area contributed by atoms with Gasteiger partial charge in [0.1, 0.15) is 6.04 Å². The number of hydrogen-bond acceptors (Lipinski definition) is 2. The van der Waals surface area contributed by atoms with E-state index in [1.165, 1.54) is 0 Å². The van der Waals surface area contributed by atoms with E-state index >= 15 is 0 Å². The molecule has 1 aromatic heterocycles. The smallest absolute Gasteiger partial charge is 0.326 e. The number of benzene rings is 2. The minimum absolute atomic E-state index is 0.217. The molecule has 1 unspecified atom stereocenters. The van der Waals surface area contributed by atoms with E-state index in [0.29, 0.717) is 0 Å². The lowest BCUT2D eigenvalue weighted by molar-refractivity contribution is -0.142. The van der Waals surface area contributed by atoms with Crippen molar-refractivity contribution >= 4 is 22.8 Å².